The number of aryl methyl sites for hydroxylation is 1. The largest absolute Gasteiger partial charge is 0.462 e. The summed E-state index contributed by atoms with van der Waals surface area (Å²) in [5.41, 5.74) is 2.08. The van der Waals surface area contributed by atoms with Crippen molar-refractivity contribution in [1.29, 1.82) is 0 Å². The van der Waals surface area contributed by atoms with E-state index in [1.807, 2.05) is 37.3 Å². The van der Waals surface area contributed by atoms with Crippen LogP contribution >= 0.6 is 11.3 Å². The summed E-state index contributed by atoms with van der Waals surface area (Å²) in [5.74, 6) is -1.03. The molecule has 0 aliphatic rings. The number of hydrogen-bond donors (Lipinski definition) is 2. The molecule has 0 saturated carbocycles. The SMILES string of the molecule is CCCOC(=O)c1cccc(NC(=O)c2csc(NC(=O)CCc3ccccc3)n2)c1. The van der Waals surface area contributed by atoms with E-state index >= 15 is 0 Å². The second-order valence-electron chi connectivity index (χ2n) is 6.74. The summed E-state index contributed by atoms with van der Waals surface area (Å²) in [5, 5.41) is 7.36. The fraction of sp³-hybridized carbons (Fsp3) is 0.217. The second kappa shape index (κ2) is 11.0. The highest BCUT2D eigenvalue weighted by atomic mass is 32.1. The van der Waals surface area contributed by atoms with Crippen molar-refractivity contribution in [1.82, 2.24) is 4.98 Å². The molecule has 2 N–H and O–H groups in total. The minimum atomic E-state index is -0.438. The van der Waals surface area contributed by atoms with Crippen LogP contribution in [0.2, 0.25) is 0 Å². The lowest BCUT2D eigenvalue weighted by Gasteiger charge is -2.06. The molecule has 31 heavy (non-hydrogen) atoms. The zero-order chi connectivity index (χ0) is 22.1. The third-order valence-electron chi connectivity index (χ3n) is 4.26. The number of nitrogens with zero attached hydrogens (tertiary/aromatic N) is 1. The van der Waals surface area contributed by atoms with Gasteiger partial charge in [0.15, 0.2) is 5.13 Å². The highest BCUT2D eigenvalue weighted by molar-refractivity contribution is 7.14. The fourth-order valence-corrected chi connectivity index (χ4v) is 3.42. The van der Waals surface area contributed by atoms with E-state index in [-0.39, 0.29) is 11.6 Å². The molecule has 2 amide bonds. The number of esters is 1. The summed E-state index contributed by atoms with van der Waals surface area (Å²) < 4.78 is 5.11. The van der Waals surface area contributed by atoms with Gasteiger partial charge in [-0.2, -0.15) is 0 Å². The number of thiazole rings is 1. The standard InChI is InChI=1S/C23H23N3O4S/c1-2-13-30-22(29)17-9-6-10-18(14-17)24-21(28)19-15-31-23(25-19)26-20(27)12-11-16-7-4-3-5-8-16/h3-10,14-15H,2,11-13H2,1H3,(H,24,28)(H,25,26,27). The average molecular weight is 438 g/mol. The monoisotopic (exact) mass is 437 g/mol. The Labute approximate surface area is 184 Å². The van der Waals surface area contributed by atoms with Crippen LogP contribution in [0.15, 0.2) is 60.0 Å². The number of nitrogens with one attached hydrogen (secondary N) is 2. The molecule has 2 aromatic carbocycles. The van der Waals surface area contributed by atoms with Crippen molar-refractivity contribution in [3.05, 3.63) is 76.8 Å². The molecular formula is C23H23N3O4S. The Morgan fingerprint density at radius 3 is 2.61 bits per heavy atom. The van der Waals surface area contributed by atoms with E-state index in [0.29, 0.717) is 35.8 Å². The molecule has 0 aliphatic heterocycles. The summed E-state index contributed by atoms with van der Waals surface area (Å²) in [7, 11) is 0. The number of carbonyl (C=O) groups excluding carboxylic acids is 3. The number of hydrogen-bond acceptors (Lipinski definition) is 6. The van der Waals surface area contributed by atoms with Gasteiger partial charge in [-0.15, -0.1) is 11.3 Å². The minimum Gasteiger partial charge on any atom is -0.462 e. The summed E-state index contributed by atoms with van der Waals surface area (Å²) in [6, 6.07) is 16.2. The first-order valence-corrected chi connectivity index (χ1v) is 10.8. The smallest absolute Gasteiger partial charge is 0.338 e. The number of carbonyl (C=O) groups is 3. The van der Waals surface area contributed by atoms with Gasteiger partial charge in [-0.1, -0.05) is 43.3 Å². The third kappa shape index (κ3) is 6.75. The van der Waals surface area contributed by atoms with E-state index in [9.17, 15) is 14.4 Å². The third-order valence-corrected chi connectivity index (χ3v) is 5.02. The summed E-state index contributed by atoms with van der Waals surface area (Å²) >= 11 is 1.18. The number of anilines is 2. The molecule has 0 bridgehead atoms. The van der Waals surface area contributed by atoms with E-state index in [2.05, 4.69) is 15.6 Å². The first kappa shape index (κ1) is 22.2. The van der Waals surface area contributed by atoms with Crippen molar-refractivity contribution < 1.29 is 19.1 Å². The Kier molecular flexibility index (Phi) is 7.89. The van der Waals surface area contributed by atoms with Crippen LogP contribution in [0.1, 0.15) is 46.2 Å². The van der Waals surface area contributed by atoms with Crippen LogP contribution in [0.3, 0.4) is 0 Å². The molecule has 160 valence electrons. The van der Waals surface area contributed by atoms with Gasteiger partial charge < -0.3 is 15.4 Å². The Morgan fingerprint density at radius 2 is 1.84 bits per heavy atom. The maximum absolute atomic E-state index is 12.5. The summed E-state index contributed by atoms with van der Waals surface area (Å²) in [4.78, 5) is 40.8. The predicted molar refractivity (Wildman–Crippen MR) is 120 cm³/mol. The van der Waals surface area contributed by atoms with Crippen molar-refractivity contribution in [2.75, 3.05) is 17.2 Å². The highest BCUT2D eigenvalue weighted by Crippen LogP contribution is 2.18. The lowest BCUT2D eigenvalue weighted by atomic mass is 10.1. The van der Waals surface area contributed by atoms with Crippen molar-refractivity contribution in [3.8, 4) is 0 Å². The fourth-order valence-electron chi connectivity index (χ4n) is 2.72. The Morgan fingerprint density at radius 1 is 1.03 bits per heavy atom. The van der Waals surface area contributed by atoms with Crippen LogP contribution < -0.4 is 10.6 Å². The molecule has 8 heteroatoms. The minimum absolute atomic E-state index is 0.163. The Bertz CT molecular complexity index is 1050. The summed E-state index contributed by atoms with van der Waals surface area (Å²) in [6.07, 6.45) is 1.69. The Hall–Kier alpha value is -3.52. The van der Waals surface area contributed by atoms with Gasteiger partial charge in [-0.25, -0.2) is 9.78 Å². The zero-order valence-electron chi connectivity index (χ0n) is 17.1. The normalized spacial score (nSPS) is 10.4. The Balaban J connectivity index is 1.54. The van der Waals surface area contributed by atoms with E-state index in [1.165, 1.54) is 11.3 Å². The molecular weight excluding hydrogens is 414 g/mol. The number of benzene rings is 2. The molecule has 0 atom stereocenters. The summed E-state index contributed by atoms with van der Waals surface area (Å²) in [6.45, 7) is 2.26. The van der Waals surface area contributed by atoms with Crippen LogP contribution in [0.4, 0.5) is 10.8 Å². The maximum atomic E-state index is 12.5. The molecule has 1 aromatic heterocycles. The van der Waals surface area contributed by atoms with Crippen LogP contribution in [0.25, 0.3) is 0 Å². The van der Waals surface area contributed by atoms with Crippen molar-refractivity contribution in [3.63, 3.8) is 0 Å². The van der Waals surface area contributed by atoms with Gasteiger partial charge in [-0.05, 0) is 36.6 Å². The van der Waals surface area contributed by atoms with Crippen LogP contribution in [-0.4, -0.2) is 29.4 Å². The lowest BCUT2D eigenvalue weighted by Crippen LogP contribution is -2.15. The molecule has 0 saturated heterocycles. The molecule has 3 rings (SSSR count). The van der Waals surface area contributed by atoms with Gasteiger partial charge in [-0.3, -0.25) is 9.59 Å². The molecule has 0 fully saturated rings. The predicted octanol–water partition coefficient (Wildman–Crippen LogP) is 4.53. The quantitative estimate of drug-likeness (QED) is 0.479. The van der Waals surface area contributed by atoms with E-state index in [4.69, 9.17) is 4.74 Å². The molecule has 0 radical (unpaired) electrons. The maximum Gasteiger partial charge on any atom is 0.338 e. The van der Waals surface area contributed by atoms with Crippen molar-refractivity contribution in [2.45, 2.75) is 26.2 Å². The van der Waals surface area contributed by atoms with E-state index in [0.717, 1.165) is 12.0 Å². The van der Waals surface area contributed by atoms with Crippen LogP contribution in [0, 0.1) is 0 Å². The first-order valence-electron chi connectivity index (χ1n) is 9.93. The average Bonchev–Trinajstić information content (AvgIpc) is 3.25. The van der Waals surface area contributed by atoms with Gasteiger partial charge in [0.2, 0.25) is 5.91 Å². The van der Waals surface area contributed by atoms with Crippen LogP contribution in [0.5, 0.6) is 0 Å². The lowest BCUT2D eigenvalue weighted by molar-refractivity contribution is -0.116. The van der Waals surface area contributed by atoms with Gasteiger partial charge in [0.05, 0.1) is 12.2 Å². The van der Waals surface area contributed by atoms with Gasteiger partial charge >= 0.3 is 5.97 Å². The molecule has 3 aromatic rings. The highest BCUT2D eigenvalue weighted by Gasteiger charge is 2.14. The zero-order valence-corrected chi connectivity index (χ0v) is 17.9. The van der Waals surface area contributed by atoms with Crippen molar-refractivity contribution >= 4 is 39.9 Å². The second-order valence-corrected chi connectivity index (χ2v) is 7.60. The van der Waals surface area contributed by atoms with E-state index in [1.54, 1.807) is 29.6 Å². The molecule has 0 aliphatic carbocycles. The topological polar surface area (TPSA) is 97.4 Å². The molecule has 7 nitrogen and oxygen atoms in total. The van der Waals surface area contributed by atoms with Crippen molar-refractivity contribution in [2.24, 2.45) is 0 Å². The number of ether oxygens (including phenoxy) is 1. The molecule has 1 heterocycles. The van der Waals surface area contributed by atoms with Gasteiger partial charge in [0.25, 0.3) is 5.91 Å². The number of aromatic nitrogens is 1. The molecule has 0 unspecified atom stereocenters. The van der Waals surface area contributed by atoms with E-state index < -0.39 is 11.9 Å². The molecule has 0 spiro atoms. The van der Waals surface area contributed by atoms with Gasteiger partial charge in [0, 0.05) is 17.5 Å². The number of rotatable bonds is 9. The van der Waals surface area contributed by atoms with Crippen LogP contribution in [-0.2, 0) is 16.0 Å². The number of amides is 2. The first-order chi connectivity index (χ1) is 15.0. The van der Waals surface area contributed by atoms with Gasteiger partial charge in [0.1, 0.15) is 5.69 Å².